The average molecular weight is 509 g/mol. The summed E-state index contributed by atoms with van der Waals surface area (Å²) in [6.07, 6.45) is -4.53. The number of fused-ring (bicyclic) bond motifs is 1. The molecule has 1 unspecified atom stereocenters. The van der Waals surface area contributed by atoms with E-state index in [-0.39, 0.29) is 6.61 Å². The third kappa shape index (κ3) is 4.42. The molecule has 4 aromatic carbocycles. The molecule has 0 saturated carbocycles. The second-order valence-electron chi connectivity index (χ2n) is 9.45. The van der Waals surface area contributed by atoms with Gasteiger partial charge in [0.15, 0.2) is 18.5 Å². The van der Waals surface area contributed by atoms with Crippen LogP contribution < -0.4 is 0 Å². The number of aliphatic hydroxyl groups is 1. The molecule has 192 valence electrons. The van der Waals surface area contributed by atoms with E-state index in [0.717, 1.165) is 22.3 Å². The Morgan fingerprint density at radius 1 is 0.658 bits per heavy atom. The molecule has 6 heteroatoms. The van der Waals surface area contributed by atoms with Crippen LogP contribution in [0.3, 0.4) is 0 Å². The van der Waals surface area contributed by atoms with Gasteiger partial charge in [-0.25, -0.2) is 4.79 Å². The van der Waals surface area contributed by atoms with Gasteiger partial charge in [-0.15, -0.1) is 0 Å². The molecule has 2 aliphatic heterocycles. The van der Waals surface area contributed by atoms with Crippen molar-refractivity contribution in [1.82, 2.24) is 0 Å². The lowest BCUT2D eigenvalue weighted by Gasteiger charge is -2.41. The average Bonchev–Trinajstić information content (AvgIpc) is 3.28. The Kier molecular flexibility index (Phi) is 6.79. The maximum absolute atomic E-state index is 12.3. The molecule has 1 N–H and O–H groups in total. The van der Waals surface area contributed by atoms with E-state index < -0.39 is 42.3 Å². The molecule has 6 rings (SSSR count). The molecule has 0 amide bonds. The standard InChI is InChI=1S/C32H28O6/c33-27-29-28(37-30(27)34)26(36-31(38-29)22-13-5-1-6-14-22)21-35-32(23-15-7-2-8-16-23,24-17-9-3-10-18-24)25-19-11-4-12-20-25/h1-20,26-29,31,33H,21H2/t26-,27-,28+,29+,31?/m0/s1. The zero-order valence-electron chi connectivity index (χ0n) is 20.6. The van der Waals surface area contributed by atoms with Crippen LogP contribution in [0, 0.1) is 0 Å². The first-order chi connectivity index (χ1) is 18.7. The lowest BCUT2D eigenvalue weighted by atomic mass is 9.80. The zero-order valence-corrected chi connectivity index (χ0v) is 20.6. The fraction of sp³-hybridized carbons (Fsp3) is 0.219. The molecular formula is C32H28O6. The summed E-state index contributed by atoms with van der Waals surface area (Å²) < 4.78 is 24.8. The van der Waals surface area contributed by atoms with E-state index in [0.29, 0.717) is 0 Å². The minimum absolute atomic E-state index is 0.0759. The second-order valence-corrected chi connectivity index (χ2v) is 9.45. The Labute approximate surface area is 221 Å². The number of hydrogen-bond acceptors (Lipinski definition) is 6. The molecule has 4 aromatic rings. The lowest BCUT2D eigenvalue weighted by molar-refractivity contribution is -0.293. The fourth-order valence-electron chi connectivity index (χ4n) is 5.31. The third-order valence-corrected chi connectivity index (χ3v) is 7.15. The van der Waals surface area contributed by atoms with E-state index in [9.17, 15) is 9.90 Å². The van der Waals surface area contributed by atoms with Gasteiger partial charge < -0.3 is 24.1 Å². The molecule has 0 aromatic heterocycles. The predicted molar refractivity (Wildman–Crippen MR) is 140 cm³/mol. The Morgan fingerprint density at radius 2 is 1.13 bits per heavy atom. The van der Waals surface area contributed by atoms with Crippen molar-refractivity contribution in [3.05, 3.63) is 144 Å². The van der Waals surface area contributed by atoms with Crippen molar-refractivity contribution in [3.8, 4) is 0 Å². The van der Waals surface area contributed by atoms with Crippen molar-refractivity contribution >= 4 is 5.97 Å². The topological polar surface area (TPSA) is 74.2 Å². The Morgan fingerprint density at radius 3 is 1.63 bits per heavy atom. The molecule has 5 atom stereocenters. The summed E-state index contributed by atoms with van der Waals surface area (Å²) in [5, 5.41) is 10.5. The highest BCUT2D eigenvalue weighted by Crippen LogP contribution is 2.42. The van der Waals surface area contributed by atoms with Crippen LogP contribution in [0.25, 0.3) is 0 Å². The largest absolute Gasteiger partial charge is 0.455 e. The SMILES string of the molecule is O=C1O[C@H]2[C@H](OC(c3ccccc3)O[C@H]2COC(c2ccccc2)(c2ccccc2)c2ccccc2)[C@@H]1O. The number of carbonyl (C=O) groups excluding carboxylic acids is 1. The van der Waals surface area contributed by atoms with Gasteiger partial charge in [0.05, 0.1) is 6.61 Å². The Hall–Kier alpha value is -3.81. The molecule has 6 nitrogen and oxygen atoms in total. The molecule has 2 aliphatic rings. The first-order valence-electron chi connectivity index (χ1n) is 12.7. The fourth-order valence-corrected chi connectivity index (χ4v) is 5.31. The molecule has 2 saturated heterocycles. The highest BCUT2D eigenvalue weighted by atomic mass is 16.7. The number of aliphatic hydroxyl groups excluding tert-OH is 1. The normalized spacial score (nSPS) is 25.0. The van der Waals surface area contributed by atoms with Crippen molar-refractivity contribution in [2.24, 2.45) is 0 Å². The van der Waals surface area contributed by atoms with Crippen LogP contribution in [0.15, 0.2) is 121 Å². The van der Waals surface area contributed by atoms with Gasteiger partial charge in [0.2, 0.25) is 0 Å². The minimum atomic E-state index is -1.39. The molecule has 0 radical (unpaired) electrons. The Balaban J connectivity index is 1.40. The van der Waals surface area contributed by atoms with E-state index in [2.05, 4.69) is 0 Å². The molecule has 2 fully saturated rings. The predicted octanol–water partition coefficient (Wildman–Crippen LogP) is 4.76. The van der Waals surface area contributed by atoms with Crippen molar-refractivity contribution in [3.63, 3.8) is 0 Å². The second kappa shape index (κ2) is 10.5. The van der Waals surface area contributed by atoms with Crippen LogP contribution in [0.2, 0.25) is 0 Å². The third-order valence-electron chi connectivity index (χ3n) is 7.15. The summed E-state index contributed by atoms with van der Waals surface area (Å²) in [5.41, 5.74) is 2.66. The van der Waals surface area contributed by atoms with Gasteiger partial charge in [-0.05, 0) is 16.7 Å². The monoisotopic (exact) mass is 508 g/mol. The van der Waals surface area contributed by atoms with E-state index >= 15 is 0 Å². The van der Waals surface area contributed by atoms with Crippen molar-refractivity contribution in [1.29, 1.82) is 0 Å². The van der Waals surface area contributed by atoms with Crippen LogP contribution in [0.5, 0.6) is 0 Å². The van der Waals surface area contributed by atoms with E-state index in [1.54, 1.807) is 0 Å². The van der Waals surface area contributed by atoms with Crippen LogP contribution in [0.1, 0.15) is 28.5 Å². The zero-order chi connectivity index (χ0) is 26.0. The number of benzene rings is 4. The summed E-state index contributed by atoms with van der Waals surface area (Å²) in [5.74, 6) is -0.720. The number of hydrogen-bond donors (Lipinski definition) is 1. The van der Waals surface area contributed by atoms with Crippen LogP contribution in [0.4, 0.5) is 0 Å². The highest BCUT2D eigenvalue weighted by molar-refractivity contribution is 5.78. The maximum atomic E-state index is 12.3. The summed E-state index contributed by atoms with van der Waals surface area (Å²) in [6, 6.07) is 39.5. The number of ether oxygens (including phenoxy) is 4. The van der Waals surface area contributed by atoms with Crippen LogP contribution in [-0.2, 0) is 29.3 Å². The highest BCUT2D eigenvalue weighted by Gasteiger charge is 2.54. The lowest BCUT2D eigenvalue weighted by Crippen LogP contribution is -2.51. The van der Waals surface area contributed by atoms with Crippen molar-refractivity contribution in [2.75, 3.05) is 6.61 Å². The van der Waals surface area contributed by atoms with Gasteiger partial charge in [0.25, 0.3) is 0 Å². The smallest absolute Gasteiger partial charge is 0.338 e. The number of carbonyl (C=O) groups is 1. The number of rotatable bonds is 7. The van der Waals surface area contributed by atoms with Gasteiger partial charge in [-0.3, -0.25) is 0 Å². The maximum Gasteiger partial charge on any atom is 0.338 e. The van der Waals surface area contributed by atoms with Crippen molar-refractivity contribution < 1.29 is 28.8 Å². The van der Waals surface area contributed by atoms with E-state index in [4.69, 9.17) is 18.9 Å². The molecular weight excluding hydrogens is 480 g/mol. The van der Waals surface area contributed by atoms with Crippen molar-refractivity contribution in [2.45, 2.75) is 36.3 Å². The van der Waals surface area contributed by atoms with Crippen LogP contribution in [-0.4, -0.2) is 42.1 Å². The summed E-state index contributed by atoms with van der Waals surface area (Å²) in [4.78, 5) is 12.3. The molecule has 38 heavy (non-hydrogen) atoms. The van der Waals surface area contributed by atoms with E-state index in [1.807, 2.05) is 121 Å². The Bertz CT molecular complexity index is 1250. The summed E-state index contributed by atoms with van der Waals surface area (Å²) >= 11 is 0. The molecule has 0 aliphatic carbocycles. The van der Waals surface area contributed by atoms with E-state index in [1.165, 1.54) is 0 Å². The molecule has 0 spiro atoms. The van der Waals surface area contributed by atoms with Gasteiger partial charge in [0, 0.05) is 5.56 Å². The molecule has 0 bridgehead atoms. The number of esters is 1. The van der Waals surface area contributed by atoms with Gasteiger partial charge >= 0.3 is 5.97 Å². The minimum Gasteiger partial charge on any atom is -0.455 e. The first-order valence-corrected chi connectivity index (χ1v) is 12.7. The van der Waals surface area contributed by atoms with Gasteiger partial charge in [-0.1, -0.05) is 121 Å². The van der Waals surface area contributed by atoms with Crippen LogP contribution >= 0.6 is 0 Å². The summed E-state index contributed by atoms with van der Waals surface area (Å²) in [6.45, 7) is 0.0759. The molecule has 2 heterocycles. The first kappa shape index (κ1) is 24.5. The summed E-state index contributed by atoms with van der Waals surface area (Å²) in [7, 11) is 0. The van der Waals surface area contributed by atoms with Gasteiger partial charge in [-0.2, -0.15) is 0 Å². The van der Waals surface area contributed by atoms with Gasteiger partial charge in [0.1, 0.15) is 17.8 Å². The quantitative estimate of drug-likeness (QED) is 0.287.